The molecule has 0 N–H and O–H groups in total. The van der Waals surface area contributed by atoms with Crippen LogP contribution in [0.1, 0.15) is 26.7 Å². The monoisotopic (exact) mass is 267 g/mol. The predicted octanol–water partition coefficient (Wildman–Crippen LogP) is 1.44. The predicted molar refractivity (Wildman–Crippen MR) is 80.2 cm³/mol. The molecule has 1 aliphatic heterocycles. The second-order valence-electron chi connectivity index (χ2n) is 5.83. The van der Waals surface area contributed by atoms with Gasteiger partial charge in [0.1, 0.15) is 0 Å². The van der Waals surface area contributed by atoms with Crippen LogP contribution in [0.4, 0.5) is 0 Å². The Morgan fingerprint density at radius 3 is 2.37 bits per heavy atom. The van der Waals surface area contributed by atoms with Crippen LogP contribution in [0.2, 0.25) is 0 Å². The van der Waals surface area contributed by atoms with Crippen molar-refractivity contribution in [2.75, 3.05) is 53.4 Å². The molecule has 0 aliphatic carbocycles. The molecular formula is C15H29N3O. The zero-order valence-electron chi connectivity index (χ0n) is 13.0. The molecule has 0 unspecified atom stereocenters. The van der Waals surface area contributed by atoms with Crippen LogP contribution in [0.25, 0.3) is 0 Å². The third-order valence-electron chi connectivity index (χ3n) is 3.54. The fourth-order valence-corrected chi connectivity index (χ4v) is 2.27. The number of nitrogens with zero attached hydrogens (tertiary/aromatic N) is 3. The van der Waals surface area contributed by atoms with E-state index in [1.807, 2.05) is 14.1 Å². The smallest absolute Gasteiger partial charge is 0.236 e. The number of amides is 1. The number of likely N-dealkylation sites (N-methyl/N-ethyl adjacent to an activating group) is 1. The average molecular weight is 267 g/mol. The Bertz CT molecular complexity index is 309. The molecule has 1 rings (SSSR count). The third-order valence-corrected chi connectivity index (χ3v) is 3.54. The Labute approximate surface area is 118 Å². The van der Waals surface area contributed by atoms with Gasteiger partial charge >= 0.3 is 0 Å². The van der Waals surface area contributed by atoms with Gasteiger partial charge in [0, 0.05) is 33.7 Å². The van der Waals surface area contributed by atoms with E-state index in [4.69, 9.17) is 0 Å². The minimum Gasteiger partial charge on any atom is -0.348 e. The van der Waals surface area contributed by atoms with E-state index in [-0.39, 0.29) is 5.91 Å². The zero-order chi connectivity index (χ0) is 14.3. The van der Waals surface area contributed by atoms with Gasteiger partial charge < -0.3 is 9.80 Å². The van der Waals surface area contributed by atoms with Crippen LogP contribution in [0.5, 0.6) is 0 Å². The van der Waals surface area contributed by atoms with Gasteiger partial charge in [-0.05, 0) is 39.8 Å². The maximum absolute atomic E-state index is 11.7. The number of carbonyl (C=O) groups is 1. The fourth-order valence-electron chi connectivity index (χ4n) is 2.27. The van der Waals surface area contributed by atoms with E-state index >= 15 is 0 Å². The van der Waals surface area contributed by atoms with Gasteiger partial charge in [-0.3, -0.25) is 9.69 Å². The molecule has 0 radical (unpaired) electrons. The van der Waals surface area contributed by atoms with Crippen molar-refractivity contribution < 1.29 is 4.79 Å². The van der Waals surface area contributed by atoms with Gasteiger partial charge in [-0.1, -0.05) is 11.6 Å². The fraction of sp³-hybridized carbons (Fsp3) is 0.800. The number of carbonyl (C=O) groups excluding carboxylic acids is 1. The van der Waals surface area contributed by atoms with Crippen LogP contribution in [-0.2, 0) is 4.79 Å². The molecule has 0 spiro atoms. The highest BCUT2D eigenvalue weighted by Crippen LogP contribution is 2.05. The molecule has 1 fully saturated rings. The van der Waals surface area contributed by atoms with E-state index < -0.39 is 0 Å². The van der Waals surface area contributed by atoms with E-state index in [1.54, 1.807) is 4.90 Å². The average Bonchev–Trinajstić information content (AvgIpc) is 2.54. The first-order valence-electron chi connectivity index (χ1n) is 7.27. The molecule has 110 valence electrons. The standard InChI is InChI=1S/C15H29N3O/c1-14(2)7-5-8-17-9-6-10-18(12-11-17)13-15(19)16(3)4/h7H,5-6,8-13H2,1-4H3. The number of allylic oxidation sites excluding steroid dienone is 1. The number of hydrogen-bond acceptors (Lipinski definition) is 3. The Balaban J connectivity index is 2.31. The lowest BCUT2D eigenvalue weighted by molar-refractivity contribution is -0.129. The number of rotatable bonds is 5. The molecule has 0 aromatic heterocycles. The minimum absolute atomic E-state index is 0.206. The second-order valence-corrected chi connectivity index (χ2v) is 5.83. The van der Waals surface area contributed by atoms with Crippen molar-refractivity contribution >= 4 is 5.91 Å². The number of hydrogen-bond donors (Lipinski definition) is 0. The van der Waals surface area contributed by atoms with E-state index in [1.165, 1.54) is 5.57 Å². The lowest BCUT2D eigenvalue weighted by atomic mass is 10.2. The summed E-state index contributed by atoms with van der Waals surface area (Å²) in [5, 5.41) is 0. The third kappa shape index (κ3) is 6.73. The summed E-state index contributed by atoms with van der Waals surface area (Å²) in [6, 6.07) is 0. The molecular weight excluding hydrogens is 238 g/mol. The first-order chi connectivity index (χ1) is 8.99. The van der Waals surface area contributed by atoms with E-state index in [0.29, 0.717) is 6.54 Å². The topological polar surface area (TPSA) is 26.8 Å². The first kappa shape index (κ1) is 16.2. The molecule has 0 atom stereocenters. The Morgan fingerprint density at radius 1 is 1.11 bits per heavy atom. The van der Waals surface area contributed by atoms with E-state index in [2.05, 4.69) is 29.7 Å². The second kappa shape index (κ2) is 8.33. The van der Waals surface area contributed by atoms with Crippen molar-refractivity contribution in [1.82, 2.24) is 14.7 Å². The normalized spacial score (nSPS) is 17.9. The van der Waals surface area contributed by atoms with Crippen LogP contribution in [-0.4, -0.2) is 74.0 Å². The Kier molecular flexibility index (Phi) is 7.10. The summed E-state index contributed by atoms with van der Waals surface area (Å²) in [7, 11) is 3.65. The minimum atomic E-state index is 0.206. The van der Waals surface area contributed by atoms with Crippen LogP contribution >= 0.6 is 0 Å². The van der Waals surface area contributed by atoms with Gasteiger partial charge in [0.05, 0.1) is 6.54 Å². The van der Waals surface area contributed by atoms with Crippen LogP contribution < -0.4 is 0 Å². The molecule has 19 heavy (non-hydrogen) atoms. The van der Waals surface area contributed by atoms with Crippen LogP contribution in [0.3, 0.4) is 0 Å². The van der Waals surface area contributed by atoms with Crippen molar-refractivity contribution in [1.29, 1.82) is 0 Å². The summed E-state index contributed by atoms with van der Waals surface area (Å²) in [5.41, 5.74) is 1.40. The summed E-state index contributed by atoms with van der Waals surface area (Å²) in [6.45, 7) is 10.3. The van der Waals surface area contributed by atoms with Crippen molar-refractivity contribution in [2.45, 2.75) is 26.7 Å². The molecule has 0 aromatic rings. The van der Waals surface area contributed by atoms with Gasteiger partial charge in [-0.15, -0.1) is 0 Å². The highest BCUT2D eigenvalue weighted by atomic mass is 16.2. The summed E-state index contributed by atoms with van der Waals surface area (Å²) in [5.74, 6) is 0.206. The molecule has 1 heterocycles. The first-order valence-corrected chi connectivity index (χ1v) is 7.27. The maximum atomic E-state index is 11.7. The summed E-state index contributed by atoms with van der Waals surface area (Å²) in [4.78, 5) is 18.2. The van der Waals surface area contributed by atoms with Gasteiger partial charge in [-0.25, -0.2) is 0 Å². The quantitative estimate of drug-likeness (QED) is 0.705. The summed E-state index contributed by atoms with van der Waals surface area (Å²) < 4.78 is 0. The van der Waals surface area contributed by atoms with E-state index in [0.717, 1.165) is 45.6 Å². The Hall–Kier alpha value is -0.870. The highest BCUT2D eigenvalue weighted by molar-refractivity contribution is 5.77. The lowest BCUT2D eigenvalue weighted by Crippen LogP contribution is -2.38. The molecule has 1 saturated heterocycles. The van der Waals surface area contributed by atoms with Gasteiger partial charge in [-0.2, -0.15) is 0 Å². The SMILES string of the molecule is CC(C)=CCCN1CCCN(CC(=O)N(C)C)CC1. The van der Waals surface area contributed by atoms with Crippen LogP contribution in [0.15, 0.2) is 11.6 Å². The lowest BCUT2D eigenvalue weighted by Gasteiger charge is -2.22. The summed E-state index contributed by atoms with van der Waals surface area (Å²) >= 11 is 0. The van der Waals surface area contributed by atoms with Crippen molar-refractivity contribution in [3.05, 3.63) is 11.6 Å². The highest BCUT2D eigenvalue weighted by Gasteiger charge is 2.17. The molecule has 0 saturated carbocycles. The molecule has 0 bridgehead atoms. The maximum Gasteiger partial charge on any atom is 0.236 e. The zero-order valence-corrected chi connectivity index (χ0v) is 13.0. The van der Waals surface area contributed by atoms with Crippen LogP contribution in [0, 0.1) is 0 Å². The van der Waals surface area contributed by atoms with Gasteiger partial charge in [0.2, 0.25) is 5.91 Å². The largest absolute Gasteiger partial charge is 0.348 e. The van der Waals surface area contributed by atoms with Gasteiger partial charge in [0.25, 0.3) is 0 Å². The summed E-state index contributed by atoms with van der Waals surface area (Å²) in [6.07, 6.45) is 4.60. The van der Waals surface area contributed by atoms with Gasteiger partial charge in [0.15, 0.2) is 0 Å². The van der Waals surface area contributed by atoms with Crippen molar-refractivity contribution in [3.63, 3.8) is 0 Å². The van der Waals surface area contributed by atoms with Crippen molar-refractivity contribution in [2.24, 2.45) is 0 Å². The van der Waals surface area contributed by atoms with Crippen molar-refractivity contribution in [3.8, 4) is 0 Å². The molecule has 1 amide bonds. The Morgan fingerprint density at radius 2 is 1.74 bits per heavy atom. The molecule has 4 nitrogen and oxygen atoms in total. The molecule has 0 aromatic carbocycles. The molecule has 1 aliphatic rings. The van der Waals surface area contributed by atoms with E-state index in [9.17, 15) is 4.79 Å². The molecule has 4 heteroatoms.